The average Bonchev–Trinajstić information content (AvgIpc) is 3.49. The van der Waals surface area contributed by atoms with Crippen LogP contribution in [0, 0.1) is 23.2 Å². The highest BCUT2D eigenvalue weighted by atomic mass is 16.5. The van der Waals surface area contributed by atoms with E-state index in [2.05, 4.69) is 29.6 Å². The van der Waals surface area contributed by atoms with Gasteiger partial charge in [0.05, 0.1) is 5.92 Å². The molecule has 1 heterocycles. The van der Waals surface area contributed by atoms with Crippen molar-refractivity contribution in [3.8, 4) is 11.1 Å². The fraction of sp³-hybridized carbons (Fsp3) is 0.464. The summed E-state index contributed by atoms with van der Waals surface area (Å²) in [5, 5.41) is 12.1. The van der Waals surface area contributed by atoms with Crippen LogP contribution in [0.1, 0.15) is 43.7 Å². The van der Waals surface area contributed by atoms with Crippen molar-refractivity contribution in [1.29, 1.82) is 0 Å². The summed E-state index contributed by atoms with van der Waals surface area (Å²) in [6.07, 6.45) is 0.739. The third kappa shape index (κ3) is 4.40. The molecule has 0 aromatic heterocycles. The van der Waals surface area contributed by atoms with Crippen LogP contribution in [-0.4, -0.2) is 54.2 Å². The standard InChI is InChI=1S/C28H32N2O5/c1-28(2,26(33)30-14-11-21-22(15-30)24(21)25(31)32)12-13-29-27(34)35-16-23-19-9-5-3-7-17(19)18-8-4-6-10-20(18)23/h3-10,21-24H,11-16H2,1-2H3,(H,29,34)(H,31,32). The lowest BCUT2D eigenvalue weighted by Crippen LogP contribution is -2.45. The van der Waals surface area contributed by atoms with Crippen LogP contribution in [0.4, 0.5) is 4.79 Å². The Bertz CT molecular complexity index is 1110. The molecule has 1 aliphatic heterocycles. The second-order valence-electron chi connectivity index (χ2n) is 10.6. The van der Waals surface area contributed by atoms with Gasteiger partial charge in [-0.05, 0) is 46.9 Å². The number of hydrogen-bond donors (Lipinski definition) is 2. The number of carboxylic acids is 1. The van der Waals surface area contributed by atoms with Crippen LogP contribution >= 0.6 is 0 Å². The average molecular weight is 477 g/mol. The Morgan fingerprint density at radius 1 is 1.03 bits per heavy atom. The van der Waals surface area contributed by atoms with E-state index in [9.17, 15) is 19.5 Å². The molecule has 0 spiro atoms. The smallest absolute Gasteiger partial charge is 0.407 e. The van der Waals surface area contributed by atoms with Crippen molar-refractivity contribution >= 4 is 18.0 Å². The molecule has 184 valence electrons. The Morgan fingerprint density at radius 3 is 2.29 bits per heavy atom. The van der Waals surface area contributed by atoms with E-state index in [0.717, 1.165) is 17.5 Å². The van der Waals surface area contributed by atoms with E-state index in [1.54, 1.807) is 4.90 Å². The third-order valence-corrected chi connectivity index (χ3v) is 8.01. The van der Waals surface area contributed by atoms with Crippen LogP contribution in [0.25, 0.3) is 11.1 Å². The fourth-order valence-electron chi connectivity index (χ4n) is 5.95. The van der Waals surface area contributed by atoms with E-state index in [4.69, 9.17) is 4.74 Å². The van der Waals surface area contributed by atoms with E-state index in [0.29, 0.717) is 26.1 Å². The molecule has 0 radical (unpaired) electrons. The lowest BCUT2D eigenvalue weighted by atomic mass is 9.87. The van der Waals surface area contributed by atoms with E-state index in [1.165, 1.54) is 11.1 Å². The van der Waals surface area contributed by atoms with Gasteiger partial charge in [-0.15, -0.1) is 0 Å². The van der Waals surface area contributed by atoms with Crippen LogP contribution in [0.5, 0.6) is 0 Å². The van der Waals surface area contributed by atoms with Crippen molar-refractivity contribution in [2.75, 3.05) is 26.2 Å². The van der Waals surface area contributed by atoms with Gasteiger partial charge in [-0.3, -0.25) is 9.59 Å². The zero-order valence-corrected chi connectivity index (χ0v) is 20.2. The first-order valence-electron chi connectivity index (χ1n) is 12.4. The van der Waals surface area contributed by atoms with Gasteiger partial charge in [0.2, 0.25) is 5.91 Å². The Hall–Kier alpha value is -3.35. The summed E-state index contributed by atoms with van der Waals surface area (Å²) >= 11 is 0. The number of rotatable bonds is 7. The minimum absolute atomic E-state index is 0.00569. The molecule has 5 rings (SSSR count). The predicted octanol–water partition coefficient (Wildman–Crippen LogP) is 4.12. The number of likely N-dealkylation sites (tertiary alicyclic amines) is 1. The number of hydrogen-bond acceptors (Lipinski definition) is 4. The molecule has 2 amide bonds. The first-order valence-corrected chi connectivity index (χ1v) is 12.4. The number of carbonyl (C=O) groups is 3. The summed E-state index contributed by atoms with van der Waals surface area (Å²) in [6.45, 7) is 5.46. The molecule has 1 saturated carbocycles. The van der Waals surface area contributed by atoms with Crippen LogP contribution in [0.2, 0.25) is 0 Å². The largest absolute Gasteiger partial charge is 0.481 e. The molecule has 3 unspecified atom stereocenters. The number of nitrogens with one attached hydrogen (secondary N) is 1. The predicted molar refractivity (Wildman–Crippen MR) is 131 cm³/mol. The minimum Gasteiger partial charge on any atom is -0.481 e. The zero-order valence-electron chi connectivity index (χ0n) is 20.2. The molecule has 2 aliphatic carbocycles. The van der Waals surface area contributed by atoms with Gasteiger partial charge in [0.25, 0.3) is 0 Å². The topological polar surface area (TPSA) is 95.9 Å². The first kappa shape index (κ1) is 23.4. The van der Waals surface area contributed by atoms with Crippen molar-refractivity contribution < 1.29 is 24.2 Å². The number of amides is 2. The van der Waals surface area contributed by atoms with Crippen LogP contribution in [0.3, 0.4) is 0 Å². The summed E-state index contributed by atoms with van der Waals surface area (Å²) in [7, 11) is 0. The minimum atomic E-state index is -0.749. The number of carboxylic acid groups (broad SMARTS) is 1. The summed E-state index contributed by atoms with van der Waals surface area (Å²) < 4.78 is 5.58. The highest BCUT2D eigenvalue weighted by Crippen LogP contribution is 2.52. The SMILES string of the molecule is CC(C)(CCNC(=O)OCC1c2ccccc2-c2ccccc21)C(=O)N1CCC2C(C1)C2C(=O)O. The Labute approximate surface area is 205 Å². The van der Waals surface area contributed by atoms with Gasteiger partial charge in [0.1, 0.15) is 6.61 Å². The van der Waals surface area contributed by atoms with Gasteiger partial charge in [-0.1, -0.05) is 62.4 Å². The van der Waals surface area contributed by atoms with E-state index in [1.807, 2.05) is 38.1 Å². The molecule has 1 saturated heterocycles. The van der Waals surface area contributed by atoms with Gasteiger partial charge < -0.3 is 20.1 Å². The van der Waals surface area contributed by atoms with E-state index < -0.39 is 17.5 Å². The summed E-state index contributed by atoms with van der Waals surface area (Å²) in [5.74, 6) is -0.727. The molecule has 0 bridgehead atoms. The second-order valence-corrected chi connectivity index (χ2v) is 10.6. The quantitative estimate of drug-likeness (QED) is 0.627. The van der Waals surface area contributed by atoms with Gasteiger partial charge in [-0.2, -0.15) is 0 Å². The number of piperidine rings is 1. The van der Waals surface area contributed by atoms with Gasteiger partial charge in [0, 0.05) is 31.0 Å². The lowest BCUT2D eigenvalue weighted by Gasteiger charge is -2.34. The normalized spacial score (nSPS) is 22.6. The number of ether oxygens (including phenoxy) is 1. The first-order chi connectivity index (χ1) is 16.8. The Morgan fingerprint density at radius 2 is 1.66 bits per heavy atom. The number of carbonyl (C=O) groups excluding carboxylic acids is 2. The number of aliphatic carboxylic acids is 1. The van der Waals surface area contributed by atoms with Crippen molar-refractivity contribution in [2.45, 2.75) is 32.6 Å². The molecular weight excluding hydrogens is 444 g/mol. The highest BCUT2D eigenvalue weighted by Gasteiger charge is 2.57. The van der Waals surface area contributed by atoms with Crippen molar-refractivity contribution in [3.05, 3.63) is 59.7 Å². The maximum atomic E-state index is 13.1. The lowest BCUT2D eigenvalue weighted by molar-refractivity contribution is -0.142. The molecule has 2 fully saturated rings. The van der Waals surface area contributed by atoms with Gasteiger partial charge >= 0.3 is 12.1 Å². The number of alkyl carbamates (subject to hydrolysis) is 1. The summed E-state index contributed by atoms with van der Waals surface area (Å²) in [4.78, 5) is 38.7. The van der Waals surface area contributed by atoms with Crippen molar-refractivity contribution in [3.63, 3.8) is 0 Å². The number of nitrogens with zero attached hydrogens (tertiary/aromatic N) is 1. The molecule has 2 aromatic carbocycles. The Balaban J connectivity index is 1.10. The number of fused-ring (bicyclic) bond motifs is 4. The summed E-state index contributed by atoms with van der Waals surface area (Å²) in [5.41, 5.74) is 4.04. The van der Waals surface area contributed by atoms with Crippen LogP contribution in [0.15, 0.2) is 48.5 Å². The molecular formula is C28H32N2O5. The van der Waals surface area contributed by atoms with Gasteiger partial charge in [0.15, 0.2) is 0 Å². The van der Waals surface area contributed by atoms with Crippen molar-refractivity contribution in [2.24, 2.45) is 23.2 Å². The monoisotopic (exact) mass is 476 g/mol. The maximum Gasteiger partial charge on any atom is 0.407 e. The molecule has 3 atom stereocenters. The highest BCUT2D eigenvalue weighted by molar-refractivity contribution is 5.83. The van der Waals surface area contributed by atoms with E-state index in [-0.39, 0.29) is 36.2 Å². The molecule has 2 N–H and O–H groups in total. The molecule has 35 heavy (non-hydrogen) atoms. The molecule has 2 aromatic rings. The van der Waals surface area contributed by atoms with Crippen LogP contribution in [-0.2, 0) is 14.3 Å². The molecule has 7 nitrogen and oxygen atoms in total. The number of benzene rings is 2. The van der Waals surface area contributed by atoms with Crippen molar-refractivity contribution in [1.82, 2.24) is 10.2 Å². The third-order valence-electron chi connectivity index (χ3n) is 8.01. The van der Waals surface area contributed by atoms with Gasteiger partial charge in [-0.25, -0.2) is 4.79 Å². The maximum absolute atomic E-state index is 13.1. The molecule has 7 heteroatoms. The molecule has 3 aliphatic rings. The Kier molecular flexibility index (Phi) is 6.03. The second kappa shape index (κ2) is 9.02. The summed E-state index contributed by atoms with van der Waals surface area (Å²) in [6, 6.07) is 16.4. The fourth-order valence-corrected chi connectivity index (χ4v) is 5.95. The zero-order chi connectivity index (χ0) is 24.7. The van der Waals surface area contributed by atoms with Crippen LogP contribution < -0.4 is 5.32 Å². The van der Waals surface area contributed by atoms with E-state index >= 15 is 0 Å².